The van der Waals surface area contributed by atoms with Crippen molar-refractivity contribution < 1.29 is 14.3 Å². The van der Waals surface area contributed by atoms with Crippen LogP contribution in [0.2, 0.25) is 0 Å². The van der Waals surface area contributed by atoms with Gasteiger partial charge in [0.05, 0.1) is 25.1 Å². The maximum absolute atomic E-state index is 13.1. The Morgan fingerprint density at radius 3 is 2.69 bits per heavy atom. The summed E-state index contributed by atoms with van der Waals surface area (Å²) < 4.78 is 12.8. The molecular weight excluding hydrogens is 424 g/mol. The first-order valence-corrected chi connectivity index (χ1v) is 11.0. The molecule has 1 N–H and O–H groups in total. The summed E-state index contributed by atoms with van der Waals surface area (Å²) in [6.45, 7) is 4.93. The highest BCUT2D eigenvalue weighted by Crippen LogP contribution is 2.36. The highest BCUT2D eigenvalue weighted by molar-refractivity contribution is 7.21. The standard InChI is InChI=1S/C24H24N4O3S/c1-4-31-19-9-7-17(8-10-19)14-25-27-23(29)22-21(28-11-5-6-12-28)20-18(15-30-3)13-16(2)26-24(20)32-22/h5-14H,4,15H2,1-3H3,(H,27,29)/b25-14+. The van der Waals surface area contributed by atoms with Crippen LogP contribution >= 0.6 is 11.3 Å². The van der Waals surface area contributed by atoms with Crippen LogP contribution in [0.4, 0.5) is 0 Å². The van der Waals surface area contributed by atoms with Crippen molar-refractivity contribution in [3.05, 3.63) is 76.6 Å². The lowest BCUT2D eigenvalue weighted by atomic mass is 10.1. The number of aryl methyl sites for hydroxylation is 1. The van der Waals surface area contributed by atoms with Crippen LogP contribution in [0.25, 0.3) is 15.9 Å². The Morgan fingerprint density at radius 1 is 1.25 bits per heavy atom. The molecule has 164 valence electrons. The van der Waals surface area contributed by atoms with Crippen LogP contribution in [0.1, 0.15) is 33.4 Å². The molecule has 3 aromatic heterocycles. The molecule has 0 bridgehead atoms. The SMILES string of the molecule is CCOc1ccc(/C=N/NC(=O)c2sc3nc(C)cc(COC)c3c2-n2cccc2)cc1. The molecule has 0 saturated carbocycles. The lowest BCUT2D eigenvalue weighted by molar-refractivity contribution is 0.0959. The van der Waals surface area contributed by atoms with Gasteiger partial charge in [0.15, 0.2) is 0 Å². The average Bonchev–Trinajstić information content (AvgIpc) is 3.43. The van der Waals surface area contributed by atoms with Gasteiger partial charge in [-0.2, -0.15) is 5.10 Å². The number of pyridine rings is 1. The van der Waals surface area contributed by atoms with Gasteiger partial charge in [-0.3, -0.25) is 4.79 Å². The van der Waals surface area contributed by atoms with Crippen LogP contribution in [-0.2, 0) is 11.3 Å². The van der Waals surface area contributed by atoms with Crippen molar-refractivity contribution in [3.8, 4) is 11.4 Å². The number of aromatic nitrogens is 2. The minimum absolute atomic E-state index is 0.292. The van der Waals surface area contributed by atoms with E-state index >= 15 is 0 Å². The van der Waals surface area contributed by atoms with E-state index in [2.05, 4.69) is 15.5 Å². The number of nitrogens with zero attached hydrogens (tertiary/aromatic N) is 3. The van der Waals surface area contributed by atoms with E-state index in [0.717, 1.165) is 38.5 Å². The largest absolute Gasteiger partial charge is 0.494 e. The van der Waals surface area contributed by atoms with Gasteiger partial charge in [0.25, 0.3) is 5.91 Å². The Bertz CT molecular complexity index is 1240. The molecule has 1 amide bonds. The number of benzene rings is 1. The first kappa shape index (κ1) is 21.7. The van der Waals surface area contributed by atoms with E-state index in [1.54, 1.807) is 13.3 Å². The van der Waals surface area contributed by atoms with Crippen LogP contribution in [-0.4, -0.2) is 35.4 Å². The number of hydrogen-bond acceptors (Lipinski definition) is 6. The van der Waals surface area contributed by atoms with Gasteiger partial charge in [-0.1, -0.05) is 0 Å². The third kappa shape index (κ3) is 4.56. The van der Waals surface area contributed by atoms with Crippen molar-refractivity contribution in [1.29, 1.82) is 0 Å². The Balaban J connectivity index is 1.66. The predicted molar refractivity (Wildman–Crippen MR) is 127 cm³/mol. The van der Waals surface area contributed by atoms with Gasteiger partial charge in [-0.15, -0.1) is 11.3 Å². The molecule has 4 rings (SSSR count). The number of hydrogen-bond donors (Lipinski definition) is 1. The number of thiophene rings is 1. The van der Waals surface area contributed by atoms with Crippen LogP contribution in [0.15, 0.2) is 60.0 Å². The maximum atomic E-state index is 13.1. The molecule has 0 radical (unpaired) electrons. The molecule has 0 fully saturated rings. The summed E-state index contributed by atoms with van der Waals surface area (Å²) in [5.74, 6) is 0.505. The first-order valence-electron chi connectivity index (χ1n) is 10.2. The van der Waals surface area contributed by atoms with E-state index in [1.165, 1.54) is 11.3 Å². The van der Waals surface area contributed by atoms with Crippen LogP contribution in [0, 0.1) is 6.92 Å². The lowest BCUT2D eigenvalue weighted by Crippen LogP contribution is -2.18. The van der Waals surface area contributed by atoms with Crippen LogP contribution in [0.5, 0.6) is 5.75 Å². The van der Waals surface area contributed by atoms with E-state index in [4.69, 9.17) is 9.47 Å². The zero-order valence-electron chi connectivity index (χ0n) is 18.2. The quantitative estimate of drug-likeness (QED) is 0.313. The number of rotatable bonds is 8. The number of nitrogens with one attached hydrogen (secondary N) is 1. The fourth-order valence-corrected chi connectivity index (χ4v) is 4.64. The van der Waals surface area contributed by atoms with Gasteiger partial charge in [0.2, 0.25) is 0 Å². The molecule has 32 heavy (non-hydrogen) atoms. The fourth-order valence-electron chi connectivity index (χ4n) is 3.48. The fraction of sp³-hybridized carbons (Fsp3) is 0.208. The molecule has 0 saturated heterocycles. The normalized spacial score (nSPS) is 11.3. The zero-order chi connectivity index (χ0) is 22.5. The second-order valence-corrected chi connectivity index (χ2v) is 8.11. The van der Waals surface area contributed by atoms with Crippen molar-refractivity contribution >= 4 is 33.7 Å². The molecule has 0 spiro atoms. The van der Waals surface area contributed by atoms with Crippen molar-refractivity contribution in [1.82, 2.24) is 15.0 Å². The molecule has 0 unspecified atom stereocenters. The topological polar surface area (TPSA) is 77.7 Å². The minimum atomic E-state index is -0.292. The number of methoxy groups -OCH3 is 1. The average molecular weight is 449 g/mol. The van der Waals surface area contributed by atoms with Crippen molar-refractivity contribution in [2.24, 2.45) is 5.10 Å². The highest BCUT2D eigenvalue weighted by Gasteiger charge is 2.23. The van der Waals surface area contributed by atoms with E-state index in [1.807, 2.05) is 73.3 Å². The Morgan fingerprint density at radius 2 is 2.00 bits per heavy atom. The molecule has 7 nitrogen and oxygen atoms in total. The summed E-state index contributed by atoms with van der Waals surface area (Å²) in [4.78, 5) is 19.1. The summed E-state index contributed by atoms with van der Waals surface area (Å²) in [5, 5.41) is 5.07. The summed E-state index contributed by atoms with van der Waals surface area (Å²) >= 11 is 1.35. The number of amides is 1. The molecule has 4 aromatic rings. The van der Waals surface area contributed by atoms with E-state index in [0.29, 0.717) is 18.1 Å². The summed E-state index contributed by atoms with van der Waals surface area (Å²) in [6, 6.07) is 13.4. The molecular formula is C24H24N4O3S. The minimum Gasteiger partial charge on any atom is -0.494 e. The first-order chi connectivity index (χ1) is 15.6. The second-order valence-electron chi connectivity index (χ2n) is 7.11. The third-order valence-corrected chi connectivity index (χ3v) is 5.86. The number of fused-ring (bicyclic) bond motifs is 1. The zero-order valence-corrected chi connectivity index (χ0v) is 19.0. The summed E-state index contributed by atoms with van der Waals surface area (Å²) in [6.07, 6.45) is 5.44. The van der Waals surface area contributed by atoms with Gasteiger partial charge in [0, 0.05) is 30.6 Å². The lowest BCUT2D eigenvalue weighted by Gasteiger charge is -2.09. The molecule has 0 aliphatic heterocycles. The molecule has 3 heterocycles. The van der Waals surface area contributed by atoms with Crippen LogP contribution in [0.3, 0.4) is 0 Å². The molecule has 0 aliphatic carbocycles. The van der Waals surface area contributed by atoms with Crippen molar-refractivity contribution in [3.63, 3.8) is 0 Å². The molecule has 0 atom stereocenters. The maximum Gasteiger partial charge on any atom is 0.283 e. The number of ether oxygens (including phenoxy) is 2. The number of carbonyl (C=O) groups excluding carboxylic acids is 1. The van der Waals surface area contributed by atoms with Gasteiger partial charge in [-0.25, -0.2) is 10.4 Å². The van der Waals surface area contributed by atoms with E-state index in [9.17, 15) is 4.79 Å². The Hall–Kier alpha value is -3.49. The van der Waals surface area contributed by atoms with Gasteiger partial charge < -0.3 is 14.0 Å². The molecule has 1 aromatic carbocycles. The van der Waals surface area contributed by atoms with Crippen LogP contribution < -0.4 is 10.2 Å². The van der Waals surface area contributed by atoms with E-state index < -0.39 is 0 Å². The molecule has 8 heteroatoms. The second kappa shape index (κ2) is 9.76. The summed E-state index contributed by atoms with van der Waals surface area (Å²) in [5.41, 5.74) is 6.16. The van der Waals surface area contributed by atoms with Gasteiger partial charge in [-0.05, 0) is 67.4 Å². The van der Waals surface area contributed by atoms with Gasteiger partial charge in [0.1, 0.15) is 15.5 Å². The molecule has 0 aliphatic rings. The Labute approximate surface area is 190 Å². The number of carbonyl (C=O) groups is 1. The monoisotopic (exact) mass is 448 g/mol. The summed E-state index contributed by atoms with van der Waals surface area (Å²) in [7, 11) is 1.66. The highest BCUT2D eigenvalue weighted by atomic mass is 32.1. The van der Waals surface area contributed by atoms with E-state index in [-0.39, 0.29) is 5.91 Å². The predicted octanol–water partition coefficient (Wildman–Crippen LogP) is 4.70. The van der Waals surface area contributed by atoms with Gasteiger partial charge >= 0.3 is 0 Å². The smallest absolute Gasteiger partial charge is 0.283 e. The Kier molecular flexibility index (Phi) is 6.63. The number of hydrazone groups is 1. The third-order valence-electron chi connectivity index (χ3n) is 4.79. The van der Waals surface area contributed by atoms with Crippen molar-refractivity contribution in [2.75, 3.05) is 13.7 Å². The van der Waals surface area contributed by atoms with Crippen molar-refractivity contribution in [2.45, 2.75) is 20.5 Å².